The Morgan fingerprint density at radius 1 is 1.13 bits per heavy atom. The molecule has 5 rings (SSSR count). The summed E-state index contributed by atoms with van der Waals surface area (Å²) in [5.41, 5.74) is 1.57. The quantitative estimate of drug-likeness (QED) is 0.440. The van der Waals surface area contributed by atoms with Crippen molar-refractivity contribution in [1.29, 1.82) is 0 Å². The van der Waals surface area contributed by atoms with Gasteiger partial charge in [-0.1, -0.05) is 31.5 Å². The van der Waals surface area contributed by atoms with Crippen molar-refractivity contribution in [3.05, 3.63) is 60.6 Å². The summed E-state index contributed by atoms with van der Waals surface area (Å²) in [4.78, 5) is 53.1. The molecule has 1 aromatic carbocycles. The van der Waals surface area contributed by atoms with Gasteiger partial charge in [0.15, 0.2) is 5.78 Å². The van der Waals surface area contributed by atoms with Gasteiger partial charge in [-0.25, -0.2) is 23.2 Å². The van der Waals surface area contributed by atoms with Gasteiger partial charge in [0.1, 0.15) is 17.8 Å². The third kappa shape index (κ3) is 5.59. The molecular weight excluding hydrogens is 524 g/mol. The van der Waals surface area contributed by atoms with Crippen LogP contribution in [-0.2, 0) is 25.4 Å². The minimum Gasteiger partial charge on any atom is -0.390 e. The number of aromatic nitrogens is 3. The number of Topliss-reactive ketones (excluding diaryl/α,β-unsaturated/α-hetero) is 1. The topological polar surface area (TPSA) is 152 Å². The van der Waals surface area contributed by atoms with Gasteiger partial charge in [-0.05, 0) is 37.1 Å². The second-order valence-electron chi connectivity index (χ2n) is 9.49. The maximum atomic E-state index is 13.5. The van der Waals surface area contributed by atoms with E-state index in [0.717, 1.165) is 0 Å². The third-order valence-electron chi connectivity index (χ3n) is 6.87. The second-order valence-corrected chi connectivity index (χ2v) is 11.4. The van der Waals surface area contributed by atoms with Gasteiger partial charge >= 0.3 is 6.09 Å². The van der Waals surface area contributed by atoms with Gasteiger partial charge in [0, 0.05) is 12.7 Å². The molecule has 39 heavy (non-hydrogen) atoms. The average molecular weight is 553 g/mol. The summed E-state index contributed by atoms with van der Waals surface area (Å²) in [5, 5.41) is 2.59. The number of amides is 2. The van der Waals surface area contributed by atoms with Crippen molar-refractivity contribution in [2.45, 2.75) is 50.1 Å². The molecule has 12 nitrogen and oxygen atoms in total. The molecule has 0 bridgehead atoms. The number of hydrogen-bond acceptors (Lipinski definition) is 9. The van der Waals surface area contributed by atoms with Crippen LogP contribution < -0.4 is 10.1 Å². The van der Waals surface area contributed by atoms with Gasteiger partial charge in [0.2, 0.25) is 21.8 Å². The van der Waals surface area contributed by atoms with E-state index in [0.29, 0.717) is 36.0 Å². The molecule has 4 heterocycles. The third-order valence-corrected chi connectivity index (χ3v) is 8.64. The molecule has 2 aliphatic heterocycles. The van der Waals surface area contributed by atoms with Gasteiger partial charge < -0.3 is 15.0 Å². The highest BCUT2D eigenvalue weighted by Crippen LogP contribution is 2.33. The Hall–Kier alpha value is -3.97. The van der Waals surface area contributed by atoms with E-state index in [1.54, 1.807) is 36.4 Å². The molecule has 3 unspecified atom stereocenters. The van der Waals surface area contributed by atoms with Crippen molar-refractivity contribution in [3.8, 4) is 5.88 Å². The van der Waals surface area contributed by atoms with Crippen LogP contribution in [0, 0.1) is 0 Å². The first-order valence-corrected chi connectivity index (χ1v) is 14.3. The largest absolute Gasteiger partial charge is 0.414 e. The lowest BCUT2D eigenvalue weighted by molar-refractivity contribution is -0.138. The van der Waals surface area contributed by atoms with Crippen LogP contribution in [0.3, 0.4) is 0 Å². The molecule has 13 heteroatoms. The van der Waals surface area contributed by atoms with E-state index in [9.17, 15) is 22.8 Å². The maximum absolute atomic E-state index is 13.5. The molecule has 2 fully saturated rings. The zero-order chi connectivity index (χ0) is 27.6. The summed E-state index contributed by atoms with van der Waals surface area (Å²) >= 11 is 0. The fourth-order valence-electron chi connectivity index (χ4n) is 5.14. The lowest BCUT2D eigenvalue weighted by Gasteiger charge is -2.28. The fraction of sp³-hybridized carbons (Fsp3) is 0.385. The molecule has 0 saturated carbocycles. The summed E-state index contributed by atoms with van der Waals surface area (Å²) in [5.74, 6) is -1.15. The number of sulfonamides is 1. The van der Waals surface area contributed by atoms with E-state index >= 15 is 0 Å². The van der Waals surface area contributed by atoms with Crippen molar-refractivity contribution in [2.24, 2.45) is 0 Å². The zero-order valence-electron chi connectivity index (χ0n) is 21.3. The Balaban J connectivity index is 1.27. The number of nitrogens with zero attached hydrogens (tertiary/aromatic N) is 5. The summed E-state index contributed by atoms with van der Waals surface area (Å²) in [6, 6.07) is 9.61. The van der Waals surface area contributed by atoms with Crippen molar-refractivity contribution in [2.75, 3.05) is 13.1 Å². The summed E-state index contributed by atoms with van der Waals surface area (Å²) in [6.45, 7) is 1.76. The monoisotopic (exact) mass is 552 g/mol. The fourth-order valence-corrected chi connectivity index (χ4v) is 6.81. The molecule has 0 aliphatic carbocycles. The average Bonchev–Trinajstić information content (AvgIpc) is 3.50. The predicted octanol–water partition coefficient (Wildman–Crippen LogP) is 1.67. The van der Waals surface area contributed by atoms with E-state index < -0.39 is 40.1 Å². The van der Waals surface area contributed by atoms with E-state index in [4.69, 9.17) is 4.74 Å². The SMILES string of the molecule is CCCC(NC(=O)Oc1cnc2ccccc2n1)C(=O)N1CCC2C1C(=O)CN2S(=O)(=O)Cc1ccccn1. The van der Waals surface area contributed by atoms with Crippen LogP contribution in [0.2, 0.25) is 0 Å². The van der Waals surface area contributed by atoms with Crippen LogP contribution in [0.5, 0.6) is 5.88 Å². The number of ether oxygens (including phenoxy) is 1. The molecule has 3 aromatic rings. The number of ketones is 1. The van der Waals surface area contributed by atoms with Crippen LogP contribution in [0.1, 0.15) is 31.9 Å². The van der Waals surface area contributed by atoms with Crippen LogP contribution in [0.15, 0.2) is 54.9 Å². The van der Waals surface area contributed by atoms with Crippen LogP contribution in [-0.4, -0.2) is 81.6 Å². The first kappa shape index (κ1) is 26.6. The predicted molar refractivity (Wildman–Crippen MR) is 140 cm³/mol. The molecule has 3 atom stereocenters. The Kier molecular flexibility index (Phi) is 7.53. The lowest BCUT2D eigenvalue weighted by atomic mass is 10.1. The number of hydrogen-bond donors (Lipinski definition) is 1. The first-order valence-electron chi connectivity index (χ1n) is 12.7. The minimum atomic E-state index is -3.84. The highest BCUT2D eigenvalue weighted by Gasteiger charge is 2.54. The summed E-state index contributed by atoms with van der Waals surface area (Å²) in [6.07, 6.45) is 3.16. The number of rotatable bonds is 8. The normalized spacial score (nSPS) is 20.1. The van der Waals surface area contributed by atoms with Crippen molar-refractivity contribution < 1.29 is 27.5 Å². The minimum absolute atomic E-state index is 0.0186. The van der Waals surface area contributed by atoms with E-state index in [1.165, 1.54) is 21.6 Å². The lowest BCUT2D eigenvalue weighted by Crippen LogP contribution is -2.53. The number of nitrogens with one attached hydrogen (secondary N) is 1. The highest BCUT2D eigenvalue weighted by atomic mass is 32.2. The number of carbonyl (C=O) groups excluding carboxylic acids is 3. The van der Waals surface area contributed by atoms with Gasteiger partial charge in [-0.2, -0.15) is 4.31 Å². The Bertz CT molecular complexity index is 1500. The number of carbonyl (C=O) groups is 3. The number of fused-ring (bicyclic) bond motifs is 2. The number of pyridine rings is 1. The van der Waals surface area contributed by atoms with Crippen molar-refractivity contribution >= 4 is 38.8 Å². The van der Waals surface area contributed by atoms with E-state index in [2.05, 4.69) is 20.3 Å². The smallest absolute Gasteiger partial charge is 0.390 e. The van der Waals surface area contributed by atoms with Crippen molar-refractivity contribution in [3.63, 3.8) is 0 Å². The molecule has 2 amide bonds. The standard InChI is InChI=1S/C26H28N6O6S/c1-2-7-20(30-26(35)38-23-14-28-18-9-3-4-10-19(18)29-23)25(34)31-13-11-21-24(31)22(33)15-32(21)39(36,37)16-17-8-5-6-12-27-17/h3-6,8-10,12,14,20-21,24H,2,7,11,13,15-16H2,1H3,(H,30,35). The van der Waals surface area contributed by atoms with Crippen LogP contribution in [0.4, 0.5) is 4.79 Å². The molecule has 0 spiro atoms. The van der Waals surface area contributed by atoms with E-state index in [-0.39, 0.29) is 30.5 Å². The maximum Gasteiger partial charge on any atom is 0.414 e. The van der Waals surface area contributed by atoms with E-state index in [1.807, 2.05) is 13.0 Å². The van der Waals surface area contributed by atoms with Crippen molar-refractivity contribution in [1.82, 2.24) is 29.5 Å². The Morgan fingerprint density at radius 2 is 1.90 bits per heavy atom. The van der Waals surface area contributed by atoms with Crippen LogP contribution in [0.25, 0.3) is 11.0 Å². The molecule has 204 valence electrons. The van der Waals surface area contributed by atoms with Gasteiger partial charge in [0.25, 0.3) is 0 Å². The first-order chi connectivity index (χ1) is 18.8. The highest BCUT2D eigenvalue weighted by molar-refractivity contribution is 7.88. The Morgan fingerprint density at radius 3 is 2.64 bits per heavy atom. The number of para-hydroxylation sites is 2. The van der Waals surface area contributed by atoms with Gasteiger partial charge in [0.05, 0.1) is 35.5 Å². The summed E-state index contributed by atoms with van der Waals surface area (Å²) in [7, 11) is -3.84. The Labute approximate surface area is 225 Å². The number of benzene rings is 1. The molecule has 1 N–H and O–H groups in total. The molecule has 0 radical (unpaired) electrons. The van der Waals surface area contributed by atoms with Crippen LogP contribution >= 0.6 is 0 Å². The second kappa shape index (κ2) is 11.0. The molecule has 2 aliphatic rings. The number of likely N-dealkylation sites (tertiary alicyclic amines) is 1. The van der Waals surface area contributed by atoms with Gasteiger partial charge in [-0.15, -0.1) is 0 Å². The zero-order valence-corrected chi connectivity index (χ0v) is 22.1. The molecule has 2 aromatic heterocycles. The molecular formula is C26H28N6O6S. The van der Waals surface area contributed by atoms with Gasteiger partial charge in [-0.3, -0.25) is 14.6 Å². The molecule has 2 saturated heterocycles. The summed E-state index contributed by atoms with van der Waals surface area (Å²) < 4.78 is 32.8.